The Morgan fingerprint density at radius 3 is 2.73 bits per heavy atom. The number of imidazole rings is 1. The van der Waals surface area contributed by atoms with Crippen LogP contribution in [0, 0.1) is 0 Å². The molecular weight excluding hydrogens is 200 g/mol. The lowest BCUT2D eigenvalue weighted by Gasteiger charge is -2.18. The van der Waals surface area contributed by atoms with Gasteiger partial charge in [0.2, 0.25) is 0 Å². The summed E-state index contributed by atoms with van der Waals surface area (Å²) in [6.07, 6.45) is 1.68. The van der Waals surface area contributed by atoms with Crippen molar-refractivity contribution < 1.29 is 8.78 Å². The van der Waals surface area contributed by atoms with Gasteiger partial charge in [-0.25, -0.2) is 13.8 Å². The van der Waals surface area contributed by atoms with Crippen LogP contribution < -0.4 is 5.32 Å². The molecule has 0 spiro atoms. The normalized spacial score (nSPS) is 13.4. The summed E-state index contributed by atoms with van der Waals surface area (Å²) >= 11 is 0. The molecule has 5 heteroatoms. The molecule has 1 N–H and O–H groups in total. The highest BCUT2D eigenvalue weighted by Crippen LogP contribution is 2.19. The Hall–Kier alpha value is -0.970. The third-order valence-corrected chi connectivity index (χ3v) is 2.23. The van der Waals surface area contributed by atoms with Crippen molar-refractivity contribution in [3.8, 4) is 0 Å². The number of hydrogen-bond acceptors (Lipinski definition) is 2. The number of nitrogens with one attached hydrogen (secondary N) is 1. The SMILES string of the molecule is CCCNC(c1nccn1CC)C(F)F. The van der Waals surface area contributed by atoms with E-state index >= 15 is 0 Å². The third-order valence-electron chi connectivity index (χ3n) is 2.23. The molecule has 0 aliphatic carbocycles. The predicted octanol–water partition coefficient (Wildman–Crippen LogP) is 2.21. The number of aryl methyl sites for hydroxylation is 1. The molecule has 1 atom stereocenters. The van der Waals surface area contributed by atoms with Gasteiger partial charge in [-0.15, -0.1) is 0 Å². The largest absolute Gasteiger partial charge is 0.334 e. The average molecular weight is 217 g/mol. The van der Waals surface area contributed by atoms with Gasteiger partial charge in [-0.05, 0) is 19.9 Å². The molecule has 0 radical (unpaired) electrons. The zero-order chi connectivity index (χ0) is 11.3. The van der Waals surface area contributed by atoms with Crippen LogP contribution in [0.3, 0.4) is 0 Å². The molecule has 1 aromatic rings. The Labute approximate surface area is 88.5 Å². The number of hydrogen-bond donors (Lipinski definition) is 1. The van der Waals surface area contributed by atoms with E-state index in [-0.39, 0.29) is 0 Å². The van der Waals surface area contributed by atoms with Gasteiger partial charge in [0.25, 0.3) is 6.43 Å². The second-order valence-electron chi connectivity index (χ2n) is 3.34. The minimum atomic E-state index is -2.43. The van der Waals surface area contributed by atoms with E-state index < -0.39 is 12.5 Å². The highest BCUT2D eigenvalue weighted by atomic mass is 19.3. The Morgan fingerprint density at radius 1 is 1.47 bits per heavy atom. The quantitative estimate of drug-likeness (QED) is 0.791. The summed E-state index contributed by atoms with van der Waals surface area (Å²) in [4.78, 5) is 3.98. The van der Waals surface area contributed by atoms with Gasteiger partial charge in [0.05, 0.1) is 0 Å². The van der Waals surface area contributed by atoms with E-state index in [4.69, 9.17) is 0 Å². The van der Waals surface area contributed by atoms with Gasteiger partial charge in [-0.3, -0.25) is 0 Å². The lowest BCUT2D eigenvalue weighted by molar-refractivity contribution is 0.0929. The first-order chi connectivity index (χ1) is 7.20. The van der Waals surface area contributed by atoms with Crippen LogP contribution in [0.5, 0.6) is 0 Å². The van der Waals surface area contributed by atoms with Crippen LogP contribution >= 0.6 is 0 Å². The zero-order valence-corrected chi connectivity index (χ0v) is 9.08. The molecule has 1 unspecified atom stereocenters. The molecule has 0 amide bonds. The lowest BCUT2D eigenvalue weighted by Crippen LogP contribution is -2.30. The van der Waals surface area contributed by atoms with Crippen LogP contribution in [0.15, 0.2) is 12.4 Å². The van der Waals surface area contributed by atoms with Gasteiger partial charge in [-0.1, -0.05) is 6.92 Å². The molecule has 86 valence electrons. The van der Waals surface area contributed by atoms with Gasteiger partial charge in [-0.2, -0.15) is 0 Å². The van der Waals surface area contributed by atoms with Crippen LogP contribution in [0.2, 0.25) is 0 Å². The van der Waals surface area contributed by atoms with Crippen molar-refractivity contribution in [2.45, 2.75) is 39.3 Å². The maximum absolute atomic E-state index is 12.8. The summed E-state index contributed by atoms with van der Waals surface area (Å²) in [7, 11) is 0. The van der Waals surface area contributed by atoms with Crippen molar-refractivity contribution >= 4 is 0 Å². The fourth-order valence-corrected chi connectivity index (χ4v) is 1.46. The van der Waals surface area contributed by atoms with E-state index in [2.05, 4.69) is 10.3 Å². The average Bonchev–Trinajstić information content (AvgIpc) is 2.66. The number of alkyl halides is 2. The summed E-state index contributed by atoms with van der Waals surface area (Å²) in [5, 5.41) is 2.81. The van der Waals surface area contributed by atoms with Crippen LogP contribution in [0.25, 0.3) is 0 Å². The molecule has 1 rings (SSSR count). The highest BCUT2D eigenvalue weighted by molar-refractivity contribution is 5.00. The van der Waals surface area contributed by atoms with Crippen molar-refractivity contribution in [2.24, 2.45) is 0 Å². The topological polar surface area (TPSA) is 29.9 Å². The summed E-state index contributed by atoms with van der Waals surface area (Å²) in [6, 6.07) is -0.958. The summed E-state index contributed by atoms with van der Waals surface area (Å²) in [5.41, 5.74) is 0. The van der Waals surface area contributed by atoms with Crippen molar-refractivity contribution in [3.63, 3.8) is 0 Å². The molecule has 0 saturated carbocycles. The molecule has 1 heterocycles. The standard InChI is InChI=1S/C10H17F2N3/c1-3-5-13-8(9(11)12)10-14-6-7-15(10)4-2/h6-9,13H,3-5H2,1-2H3. The Balaban J connectivity index is 2.78. The van der Waals surface area contributed by atoms with E-state index in [1.54, 1.807) is 17.0 Å². The molecule has 1 aromatic heterocycles. The van der Waals surface area contributed by atoms with Crippen LogP contribution in [0.1, 0.15) is 32.1 Å². The smallest absolute Gasteiger partial charge is 0.260 e. The molecule has 0 aliphatic rings. The summed E-state index contributed by atoms with van der Waals surface area (Å²) < 4.78 is 27.3. The number of nitrogens with zero attached hydrogens (tertiary/aromatic N) is 2. The lowest BCUT2D eigenvalue weighted by atomic mass is 10.2. The first-order valence-electron chi connectivity index (χ1n) is 5.23. The van der Waals surface area contributed by atoms with Gasteiger partial charge in [0.1, 0.15) is 11.9 Å². The van der Waals surface area contributed by atoms with Crippen molar-refractivity contribution in [1.82, 2.24) is 14.9 Å². The van der Waals surface area contributed by atoms with Gasteiger partial charge >= 0.3 is 0 Å². The fourth-order valence-electron chi connectivity index (χ4n) is 1.46. The highest BCUT2D eigenvalue weighted by Gasteiger charge is 2.25. The van der Waals surface area contributed by atoms with E-state index in [9.17, 15) is 8.78 Å². The van der Waals surface area contributed by atoms with Crippen molar-refractivity contribution in [3.05, 3.63) is 18.2 Å². The minimum absolute atomic E-state index is 0.418. The first kappa shape index (κ1) is 12.1. The Morgan fingerprint density at radius 2 is 2.20 bits per heavy atom. The van der Waals surface area contributed by atoms with Crippen LogP contribution in [0.4, 0.5) is 8.78 Å². The van der Waals surface area contributed by atoms with Crippen LogP contribution in [-0.2, 0) is 6.54 Å². The monoisotopic (exact) mass is 217 g/mol. The molecule has 15 heavy (non-hydrogen) atoms. The number of halogens is 2. The van der Waals surface area contributed by atoms with Crippen molar-refractivity contribution in [1.29, 1.82) is 0 Å². The summed E-state index contributed by atoms with van der Waals surface area (Å²) in [5.74, 6) is 0.418. The first-order valence-corrected chi connectivity index (χ1v) is 5.23. The maximum atomic E-state index is 12.8. The number of rotatable bonds is 6. The van der Waals surface area contributed by atoms with E-state index in [1.807, 2.05) is 13.8 Å². The van der Waals surface area contributed by atoms with Gasteiger partial charge in [0, 0.05) is 18.9 Å². The second kappa shape index (κ2) is 5.80. The van der Waals surface area contributed by atoms with E-state index in [1.165, 1.54) is 0 Å². The van der Waals surface area contributed by atoms with Crippen LogP contribution in [-0.4, -0.2) is 22.5 Å². The fraction of sp³-hybridized carbons (Fsp3) is 0.700. The Bertz CT molecular complexity index is 286. The molecule has 3 nitrogen and oxygen atoms in total. The molecule has 0 aliphatic heterocycles. The van der Waals surface area contributed by atoms with Gasteiger partial charge in [0.15, 0.2) is 0 Å². The molecule has 0 saturated heterocycles. The molecule has 0 bridgehead atoms. The van der Waals surface area contributed by atoms with Crippen molar-refractivity contribution in [2.75, 3.05) is 6.54 Å². The predicted molar refractivity (Wildman–Crippen MR) is 54.9 cm³/mol. The van der Waals surface area contributed by atoms with E-state index in [0.717, 1.165) is 6.42 Å². The zero-order valence-electron chi connectivity index (χ0n) is 9.08. The summed E-state index contributed by atoms with van der Waals surface area (Å²) in [6.45, 7) is 5.09. The third kappa shape index (κ3) is 2.99. The maximum Gasteiger partial charge on any atom is 0.260 e. The van der Waals surface area contributed by atoms with E-state index in [0.29, 0.717) is 18.9 Å². The second-order valence-corrected chi connectivity index (χ2v) is 3.34. The molecular formula is C10H17F2N3. The molecule has 0 aromatic carbocycles. The molecule has 0 fully saturated rings. The Kier molecular flexibility index (Phi) is 4.68. The minimum Gasteiger partial charge on any atom is -0.334 e. The number of aromatic nitrogens is 2. The van der Waals surface area contributed by atoms with Gasteiger partial charge < -0.3 is 9.88 Å².